The first-order valence-corrected chi connectivity index (χ1v) is 11.1. The number of carboxylic acids is 4. The van der Waals surface area contributed by atoms with E-state index >= 15 is 0 Å². The summed E-state index contributed by atoms with van der Waals surface area (Å²) in [5.74, 6) is -5.23. The Morgan fingerprint density at radius 2 is 1.11 bits per heavy atom. The van der Waals surface area contributed by atoms with Crippen LogP contribution in [0, 0.1) is 39.9 Å². The van der Waals surface area contributed by atoms with E-state index in [4.69, 9.17) is 9.84 Å². The summed E-state index contributed by atoms with van der Waals surface area (Å²) in [4.78, 5) is 50.3. The molecule has 0 aromatic rings. The molecule has 2 atom stereocenters. The zero-order valence-corrected chi connectivity index (χ0v) is 22.1. The Labute approximate surface area is 240 Å². The Balaban J connectivity index is 0.0000122. The van der Waals surface area contributed by atoms with E-state index in [0.717, 1.165) is 0 Å². The normalized spacial score (nSPS) is 19.3. The summed E-state index contributed by atoms with van der Waals surface area (Å²) < 4.78 is 4.92. The van der Waals surface area contributed by atoms with Crippen molar-refractivity contribution < 1.29 is 94.5 Å². The predicted octanol–water partition coefficient (Wildman–Crippen LogP) is -7.72. The van der Waals surface area contributed by atoms with E-state index in [9.17, 15) is 44.7 Å². The second kappa shape index (κ2) is 19.1. The molecular weight excluding hydrogens is 629 g/mol. The minimum Gasteiger partial charge on any atom is -0.549 e. The van der Waals surface area contributed by atoms with Gasteiger partial charge in [-0.15, -0.1) is 0 Å². The van der Waals surface area contributed by atoms with E-state index in [1.165, 1.54) is 14.7 Å². The fourth-order valence-corrected chi connectivity index (χ4v) is 3.76. The molecule has 3 N–H and O–H groups in total. The van der Waals surface area contributed by atoms with Gasteiger partial charge in [-0.1, -0.05) is 0 Å². The first-order valence-electron chi connectivity index (χ1n) is 11.1. The molecule has 0 aliphatic carbocycles. The van der Waals surface area contributed by atoms with Crippen molar-refractivity contribution in [3.63, 3.8) is 0 Å². The van der Waals surface area contributed by atoms with Crippen LogP contribution in [-0.4, -0.2) is 163 Å². The second-order valence-electron chi connectivity index (χ2n) is 8.21. The number of hydrogen-bond donors (Lipinski definition) is 3. The van der Waals surface area contributed by atoms with Gasteiger partial charge in [0.05, 0.1) is 43.3 Å². The molecular formula is C20H33GdN4O11. The number of carbonyl (C=O) groups is 4. The molecule has 0 aromatic heterocycles. The van der Waals surface area contributed by atoms with Gasteiger partial charge in [0.25, 0.3) is 0 Å². The monoisotopic (exact) mass is 663 g/mol. The molecule has 0 spiro atoms. The third-order valence-electron chi connectivity index (χ3n) is 5.54. The van der Waals surface area contributed by atoms with E-state index in [-0.39, 0.29) is 98.9 Å². The largest absolute Gasteiger partial charge is 3.00 e. The van der Waals surface area contributed by atoms with Gasteiger partial charge in [0.15, 0.2) is 0 Å². The number of aliphatic carboxylic acids is 4. The molecule has 1 radical (unpaired) electrons. The molecule has 1 aliphatic heterocycles. The van der Waals surface area contributed by atoms with Crippen LogP contribution in [0.5, 0.6) is 0 Å². The van der Waals surface area contributed by atoms with Gasteiger partial charge in [0, 0.05) is 72.0 Å². The van der Waals surface area contributed by atoms with Crippen LogP contribution in [0.15, 0.2) is 0 Å². The van der Waals surface area contributed by atoms with Gasteiger partial charge in [0.1, 0.15) is 6.61 Å². The van der Waals surface area contributed by atoms with Gasteiger partial charge in [-0.2, -0.15) is 0 Å². The van der Waals surface area contributed by atoms with Crippen LogP contribution in [0.2, 0.25) is 0 Å². The molecule has 36 heavy (non-hydrogen) atoms. The van der Waals surface area contributed by atoms with Crippen LogP contribution in [0.25, 0.3) is 0 Å². The van der Waals surface area contributed by atoms with Crippen molar-refractivity contribution in [1.82, 2.24) is 19.6 Å². The molecule has 1 aliphatic rings. The molecule has 1 fully saturated rings. The van der Waals surface area contributed by atoms with Gasteiger partial charge < -0.3 is 49.8 Å². The Hall–Kier alpha value is -1.08. The minimum absolute atomic E-state index is 0. The molecule has 0 saturated carbocycles. The number of carbonyl (C=O) groups excluding carboxylic acids is 3. The summed E-state index contributed by atoms with van der Waals surface area (Å²) in [6, 6.07) is -0.907. The molecule has 0 bridgehead atoms. The fraction of sp³-hybridized carbons (Fsp3) is 0.800. The number of carboxylic acid groups (broad SMARTS) is 4. The quantitative estimate of drug-likeness (QED) is 0.167. The molecule has 207 valence electrons. The maximum atomic E-state index is 11.2. The van der Waals surface area contributed by atoms with E-state index in [1.807, 2.05) is 0 Å². The number of nitrogens with zero attached hydrogens (tertiary/aromatic N) is 4. The van der Waals surface area contributed by atoms with Crippen LogP contribution in [0.1, 0.15) is 0 Å². The van der Waals surface area contributed by atoms with E-state index < -0.39 is 68.9 Å². The Kier molecular flexibility index (Phi) is 18.5. The summed E-state index contributed by atoms with van der Waals surface area (Å²) in [7, 11) is 0. The summed E-state index contributed by atoms with van der Waals surface area (Å²) in [6.45, 7) is -1.61. The minimum atomic E-state index is -1.34. The zero-order valence-electron chi connectivity index (χ0n) is 19.8. The number of rotatable bonds is 13. The van der Waals surface area contributed by atoms with Gasteiger partial charge in [-0.3, -0.25) is 19.6 Å². The Morgan fingerprint density at radius 3 is 1.42 bits per heavy atom. The number of aliphatic hydroxyl groups excluding tert-OH is 2. The van der Waals surface area contributed by atoms with E-state index in [0.29, 0.717) is 0 Å². The van der Waals surface area contributed by atoms with E-state index in [1.54, 1.807) is 4.90 Å². The fourth-order valence-electron chi connectivity index (χ4n) is 3.76. The van der Waals surface area contributed by atoms with Crippen LogP contribution in [0.3, 0.4) is 0 Å². The average Bonchev–Trinajstić information content (AvgIpc) is 2.74. The van der Waals surface area contributed by atoms with E-state index in [2.05, 4.69) is 0 Å². The first-order chi connectivity index (χ1) is 16.5. The van der Waals surface area contributed by atoms with Crippen molar-refractivity contribution in [3.8, 4) is 0 Å². The summed E-state index contributed by atoms with van der Waals surface area (Å²) in [5.41, 5.74) is 0. The molecule has 1 saturated heterocycles. The Bertz CT molecular complexity index is 671. The van der Waals surface area contributed by atoms with Crippen molar-refractivity contribution in [3.05, 3.63) is 0 Å². The van der Waals surface area contributed by atoms with Crippen molar-refractivity contribution in [2.24, 2.45) is 0 Å². The molecule has 2 unspecified atom stereocenters. The first kappa shape index (κ1) is 34.9. The van der Waals surface area contributed by atoms with Crippen LogP contribution in [-0.2, 0) is 23.9 Å². The van der Waals surface area contributed by atoms with Crippen LogP contribution >= 0.6 is 0 Å². The smallest absolute Gasteiger partial charge is 0.549 e. The van der Waals surface area contributed by atoms with Crippen molar-refractivity contribution in [1.29, 1.82) is 0 Å². The Morgan fingerprint density at radius 1 is 0.750 bits per heavy atom. The van der Waals surface area contributed by atoms with Crippen molar-refractivity contribution in [2.75, 3.05) is 91.8 Å². The molecule has 15 nitrogen and oxygen atoms in total. The summed E-state index contributed by atoms with van der Waals surface area (Å²) in [5, 5.41) is 62.6. The van der Waals surface area contributed by atoms with Crippen LogP contribution in [0.4, 0.5) is 0 Å². The van der Waals surface area contributed by atoms with Gasteiger partial charge in [-0.25, -0.2) is 4.79 Å². The SMILES string of the molecule is O=C([O-])CN1CCN(CC(=O)[O-])CCN(C(CO)C(O)COCC(=O)O)CCN(CC(=O)[O-])CC1.[Gd+3]. The standard InChI is InChI=1S/C20H36N4O11.Gd/c25-12-15(16(26)13-35-14-20(33)34)24-7-5-22(10-18(29)30)3-1-21(9-17(27)28)2-4-23(6-8-24)11-19(31)32;/h15-16,25-26H,1-14H2,(H,27,28)(H,29,30)(H,31,32)(H,33,34);/q;+3/p-3. The van der Waals surface area contributed by atoms with Crippen molar-refractivity contribution >= 4 is 23.9 Å². The molecule has 0 amide bonds. The van der Waals surface area contributed by atoms with Gasteiger partial charge in [0.2, 0.25) is 0 Å². The predicted molar refractivity (Wildman–Crippen MR) is 111 cm³/mol. The maximum absolute atomic E-state index is 11.2. The third kappa shape index (κ3) is 15.2. The van der Waals surface area contributed by atoms with Crippen LogP contribution < -0.4 is 15.3 Å². The molecule has 1 heterocycles. The van der Waals surface area contributed by atoms with Gasteiger partial charge in [-0.05, 0) is 0 Å². The number of aliphatic hydroxyl groups is 2. The van der Waals surface area contributed by atoms with Crippen molar-refractivity contribution in [2.45, 2.75) is 12.1 Å². The molecule has 16 heteroatoms. The average molecular weight is 663 g/mol. The molecule has 0 aromatic carbocycles. The third-order valence-corrected chi connectivity index (χ3v) is 5.54. The second-order valence-corrected chi connectivity index (χ2v) is 8.21. The molecule has 1 rings (SSSR count). The zero-order chi connectivity index (χ0) is 26.4. The summed E-state index contributed by atoms with van der Waals surface area (Å²) >= 11 is 0. The number of hydrogen-bond acceptors (Lipinski definition) is 14. The summed E-state index contributed by atoms with van der Waals surface area (Å²) in [6.07, 6.45) is -1.28. The van der Waals surface area contributed by atoms with Gasteiger partial charge >= 0.3 is 45.9 Å². The topological polar surface area (TPSA) is 220 Å². The maximum Gasteiger partial charge on any atom is 3.00 e. The number of ether oxygens (including phenoxy) is 1.